The van der Waals surface area contributed by atoms with Crippen LogP contribution in [0, 0.1) is 0 Å². The number of nitrogens with one attached hydrogen (secondary N) is 1. The summed E-state index contributed by atoms with van der Waals surface area (Å²) in [5.74, 6) is 1.21. The van der Waals surface area contributed by atoms with E-state index in [1.165, 1.54) is 53.6 Å². The average molecular weight is 362 g/mol. The zero-order valence-corrected chi connectivity index (χ0v) is 14.9. The van der Waals surface area contributed by atoms with Crippen molar-refractivity contribution < 1.29 is 0 Å². The smallest absolute Gasteiger partial charge is 0.0518 e. The molecular formula is C15H24BrNS2. The summed E-state index contributed by atoms with van der Waals surface area (Å²) in [6.45, 7) is 3.35. The molecule has 1 aromatic heterocycles. The Morgan fingerprint density at radius 3 is 2.84 bits per heavy atom. The molecule has 1 N–H and O–H groups in total. The number of hydrogen-bond donors (Lipinski definition) is 1. The minimum atomic E-state index is 0.515. The molecule has 1 unspecified atom stereocenters. The molecule has 0 bridgehead atoms. The summed E-state index contributed by atoms with van der Waals surface area (Å²) in [5, 5.41) is 6.80. The van der Waals surface area contributed by atoms with E-state index in [1.54, 1.807) is 0 Å². The van der Waals surface area contributed by atoms with Gasteiger partial charge in [0.1, 0.15) is 0 Å². The summed E-state index contributed by atoms with van der Waals surface area (Å²) in [7, 11) is 0. The first kappa shape index (κ1) is 15.9. The molecule has 4 heteroatoms. The largest absolute Gasteiger partial charge is 0.309 e. The van der Waals surface area contributed by atoms with Crippen molar-refractivity contribution in [1.82, 2.24) is 5.32 Å². The van der Waals surface area contributed by atoms with Gasteiger partial charge in [-0.1, -0.05) is 26.2 Å². The minimum Gasteiger partial charge on any atom is -0.309 e. The number of thioether (sulfide) groups is 1. The highest BCUT2D eigenvalue weighted by Crippen LogP contribution is 2.35. The highest BCUT2D eigenvalue weighted by atomic mass is 79.9. The first-order chi connectivity index (χ1) is 9.31. The monoisotopic (exact) mass is 361 g/mol. The first-order valence-corrected chi connectivity index (χ1v) is 10.1. The molecule has 1 fully saturated rings. The normalized spacial score (nSPS) is 18.6. The summed E-state index contributed by atoms with van der Waals surface area (Å²) in [6, 6.07) is 2.69. The van der Waals surface area contributed by atoms with Gasteiger partial charge >= 0.3 is 0 Å². The van der Waals surface area contributed by atoms with E-state index in [0.717, 1.165) is 11.8 Å². The zero-order valence-electron chi connectivity index (χ0n) is 11.7. The van der Waals surface area contributed by atoms with Crippen LogP contribution >= 0.6 is 39.0 Å². The van der Waals surface area contributed by atoms with E-state index in [-0.39, 0.29) is 0 Å². The molecule has 0 radical (unpaired) electrons. The maximum absolute atomic E-state index is 3.71. The second-order valence-corrected chi connectivity index (χ2v) is 8.37. The van der Waals surface area contributed by atoms with Gasteiger partial charge in [-0.2, -0.15) is 11.8 Å². The third kappa shape index (κ3) is 5.07. The number of halogens is 1. The Morgan fingerprint density at radius 2 is 2.21 bits per heavy atom. The van der Waals surface area contributed by atoms with Crippen molar-refractivity contribution in [2.24, 2.45) is 0 Å². The lowest BCUT2D eigenvalue weighted by Crippen LogP contribution is -2.25. The lowest BCUT2D eigenvalue weighted by atomic mass is 10.0. The second kappa shape index (κ2) is 8.71. The highest BCUT2D eigenvalue weighted by molar-refractivity contribution is 9.10. The Bertz CT molecular complexity index is 361. The third-order valence-electron chi connectivity index (χ3n) is 3.65. The maximum atomic E-state index is 3.71. The van der Waals surface area contributed by atoms with E-state index < -0.39 is 0 Å². The molecule has 0 amide bonds. The summed E-state index contributed by atoms with van der Waals surface area (Å²) >= 11 is 7.74. The van der Waals surface area contributed by atoms with Gasteiger partial charge in [0.25, 0.3) is 0 Å². The van der Waals surface area contributed by atoms with Crippen molar-refractivity contribution in [3.05, 3.63) is 20.8 Å². The molecule has 1 heterocycles. The van der Waals surface area contributed by atoms with Crippen LogP contribution in [0.3, 0.4) is 0 Å². The topological polar surface area (TPSA) is 12.0 Å². The second-order valence-electron chi connectivity index (χ2n) is 5.23. The van der Waals surface area contributed by atoms with Crippen LogP contribution in [0.15, 0.2) is 15.9 Å². The van der Waals surface area contributed by atoms with Crippen LogP contribution in [0.25, 0.3) is 0 Å². The van der Waals surface area contributed by atoms with Gasteiger partial charge < -0.3 is 5.32 Å². The van der Waals surface area contributed by atoms with Crippen LogP contribution < -0.4 is 5.32 Å². The van der Waals surface area contributed by atoms with Gasteiger partial charge in [-0.25, -0.2) is 0 Å². The minimum absolute atomic E-state index is 0.515. The molecule has 19 heavy (non-hydrogen) atoms. The Labute approximate surface area is 134 Å². The molecule has 1 aromatic rings. The van der Waals surface area contributed by atoms with Crippen LogP contribution in [0.5, 0.6) is 0 Å². The van der Waals surface area contributed by atoms with E-state index in [0.29, 0.717) is 6.04 Å². The quantitative estimate of drug-likeness (QED) is 0.676. The fraction of sp³-hybridized carbons (Fsp3) is 0.733. The predicted molar refractivity (Wildman–Crippen MR) is 92.4 cm³/mol. The van der Waals surface area contributed by atoms with E-state index in [2.05, 4.69) is 51.4 Å². The molecule has 0 spiro atoms. The SMILES string of the molecule is CCCNC(CSC1CCCCC1)c1sccc1Br. The van der Waals surface area contributed by atoms with Gasteiger partial charge in [-0.05, 0) is 53.2 Å². The molecule has 0 aliphatic heterocycles. The zero-order chi connectivity index (χ0) is 13.5. The molecule has 2 rings (SSSR count). The lowest BCUT2D eigenvalue weighted by Gasteiger charge is -2.24. The van der Waals surface area contributed by atoms with Crippen molar-refractivity contribution in [3.63, 3.8) is 0 Å². The molecule has 0 aromatic carbocycles. The number of rotatable bonds is 7. The van der Waals surface area contributed by atoms with Gasteiger partial charge in [-0.3, -0.25) is 0 Å². The molecule has 1 aliphatic rings. The van der Waals surface area contributed by atoms with Gasteiger partial charge in [0.2, 0.25) is 0 Å². The van der Waals surface area contributed by atoms with E-state index in [9.17, 15) is 0 Å². The van der Waals surface area contributed by atoms with E-state index >= 15 is 0 Å². The van der Waals surface area contributed by atoms with Gasteiger partial charge in [0, 0.05) is 20.4 Å². The summed E-state index contributed by atoms with van der Waals surface area (Å²) < 4.78 is 1.27. The van der Waals surface area contributed by atoms with E-state index in [4.69, 9.17) is 0 Å². The van der Waals surface area contributed by atoms with Crippen molar-refractivity contribution in [2.45, 2.75) is 56.7 Å². The Hall–Kier alpha value is 0.490. The Kier molecular flexibility index (Phi) is 7.27. The van der Waals surface area contributed by atoms with Gasteiger partial charge in [0.05, 0.1) is 6.04 Å². The van der Waals surface area contributed by atoms with Crippen molar-refractivity contribution >= 4 is 39.0 Å². The van der Waals surface area contributed by atoms with E-state index in [1.807, 2.05) is 11.3 Å². The fourth-order valence-corrected chi connectivity index (χ4v) is 5.81. The first-order valence-electron chi connectivity index (χ1n) is 7.39. The molecule has 1 atom stereocenters. The highest BCUT2D eigenvalue weighted by Gasteiger charge is 2.19. The average Bonchev–Trinajstić information content (AvgIpc) is 2.86. The van der Waals surface area contributed by atoms with Crippen LogP contribution in [0.1, 0.15) is 56.4 Å². The fourth-order valence-electron chi connectivity index (χ4n) is 2.56. The molecule has 1 aliphatic carbocycles. The Morgan fingerprint density at radius 1 is 1.42 bits per heavy atom. The lowest BCUT2D eigenvalue weighted by molar-refractivity contribution is 0.513. The van der Waals surface area contributed by atoms with Crippen LogP contribution in [0.4, 0.5) is 0 Å². The molecule has 108 valence electrons. The Balaban J connectivity index is 1.88. The molecule has 0 saturated heterocycles. The summed E-state index contributed by atoms with van der Waals surface area (Å²) in [6.07, 6.45) is 8.38. The predicted octanol–water partition coefficient (Wildman–Crippen LogP) is 5.62. The molecule has 1 saturated carbocycles. The van der Waals surface area contributed by atoms with Crippen LogP contribution in [0.2, 0.25) is 0 Å². The number of thiophene rings is 1. The summed E-state index contributed by atoms with van der Waals surface area (Å²) in [5.41, 5.74) is 0. The van der Waals surface area contributed by atoms with Crippen molar-refractivity contribution in [1.29, 1.82) is 0 Å². The molecule has 1 nitrogen and oxygen atoms in total. The van der Waals surface area contributed by atoms with Gasteiger partial charge in [0.15, 0.2) is 0 Å². The number of hydrogen-bond acceptors (Lipinski definition) is 3. The van der Waals surface area contributed by atoms with Crippen molar-refractivity contribution in [3.8, 4) is 0 Å². The maximum Gasteiger partial charge on any atom is 0.0518 e. The standard InChI is InChI=1S/C15H24BrNS2/c1-2-9-17-14(15-13(16)8-10-18-15)11-19-12-6-4-3-5-7-12/h8,10,12,14,17H,2-7,9,11H2,1H3. The summed E-state index contributed by atoms with van der Waals surface area (Å²) in [4.78, 5) is 1.47. The van der Waals surface area contributed by atoms with Crippen LogP contribution in [-0.4, -0.2) is 17.5 Å². The third-order valence-corrected chi connectivity index (χ3v) is 7.11. The van der Waals surface area contributed by atoms with Crippen molar-refractivity contribution in [2.75, 3.05) is 12.3 Å². The van der Waals surface area contributed by atoms with Gasteiger partial charge in [-0.15, -0.1) is 11.3 Å². The van der Waals surface area contributed by atoms with Crippen LogP contribution in [-0.2, 0) is 0 Å². The molecular weight excluding hydrogens is 338 g/mol.